The number of benzene rings is 1. The summed E-state index contributed by atoms with van der Waals surface area (Å²) in [5, 5.41) is 6.14. The summed E-state index contributed by atoms with van der Waals surface area (Å²) in [6.07, 6.45) is 0.909. The van der Waals surface area contributed by atoms with E-state index >= 15 is 0 Å². The molecule has 0 aliphatic rings. The molecule has 1 amide bonds. The number of carbonyl (C=O) groups is 1. The van der Waals surface area contributed by atoms with Crippen molar-refractivity contribution in [2.75, 3.05) is 0 Å². The lowest BCUT2D eigenvalue weighted by Gasteiger charge is -2.21. The van der Waals surface area contributed by atoms with E-state index in [0.29, 0.717) is 0 Å². The van der Waals surface area contributed by atoms with Crippen LogP contribution in [0.1, 0.15) is 45.7 Å². The van der Waals surface area contributed by atoms with Gasteiger partial charge in [-0.2, -0.15) is 0 Å². The van der Waals surface area contributed by atoms with Crippen molar-refractivity contribution in [2.24, 2.45) is 0 Å². The van der Waals surface area contributed by atoms with Crippen molar-refractivity contribution in [3.8, 4) is 0 Å². The summed E-state index contributed by atoms with van der Waals surface area (Å²) in [5.41, 5.74) is 0.963. The second kappa shape index (κ2) is 7.24. The molecule has 0 saturated heterocycles. The van der Waals surface area contributed by atoms with Gasteiger partial charge in [0.05, 0.1) is 6.04 Å². The Morgan fingerprint density at radius 3 is 2.32 bits per heavy atom. The van der Waals surface area contributed by atoms with E-state index in [1.807, 2.05) is 27.7 Å². The second-order valence-electron chi connectivity index (χ2n) is 4.98. The Kier molecular flexibility index (Phi) is 5.96. The first-order chi connectivity index (χ1) is 8.93. The van der Waals surface area contributed by atoms with Gasteiger partial charge in [0.15, 0.2) is 0 Å². The van der Waals surface area contributed by atoms with Crippen molar-refractivity contribution in [2.45, 2.75) is 52.2 Å². The highest BCUT2D eigenvalue weighted by Crippen LogP contribution is 2.13. The molecule has 3 nitrogen and oxygen atoms in total. The summed E-state index contributed by atoms with van der Waals surface area (Å²) in [7, 11) is 0. The minimum atomic E-state index is -0.283. The third-order valence-corrected chi connectivity index (χ3v) is 3.26. The van der Waals surface area contributed by atoms with Crippen LogP contribution in [0.3, 0.4) is 0 Å². The number of amides is 1. The van der Waals surface area contributed by atoms with Gasteiger partial charge < -0.3 is 5.32 Å². The monoisotopic (exact) mass is 266 g/mol. The molecule has 2 N–H and O–H groups in total. The maximum atomic E-state index is 12.8. The van der Waals surface area contributed by atoms with Crippen molar-refractivity contribution >= 4 is 5.91 Å². The van der Waals surface area contributed by atoms with Crippen LogP contribution in [0.15, 0.2) is 24.3 Å². The Hall–Kier alpha value is -1.42. The van der Waals surface area contributed by atoms with E-state index in [2.05, 4.69) is 10.6 Å². The topological polar surface area (TPSA) is 41.1 Å². The minimum absolute atomic E-state index is 0.00159. The molecule has 4 heteroatoms. The standard InChI is InChI=1S/C15H23FN2O/c1-5-10(2)17-15(19)12(4)18-11(3)13-6-8-14(16)9-7-13/h6-12,18H,5H2,1-4H3,(H,17,19). The van der Waals surface area contributed by atoms with Gasteiger partial charge in [-0.05, 0) is 44.9 Å². The summed E-state index contributed by atoms with van der Waals surface area (Å²) in [5.74, 6) is -0.262. The Balaban J connectivity index is 2.53. The third kappa shape index (κ3) is 4.99. The second-order valence-corrected chi connectivity index (χ2v) is 4.98. The van der Waals surface area contributed by atoms with Crippen LogP contribution in [0.4, 0.5) is 4.39 Å². The lowest BCUT2D eigenvalue weighted by Crippen LogP contribution is -2.45. The Labute approximate surface area is 114 Å². The van der Waals surface area contributed by atoms with E-state index in [4.69, 9.17) is 0 Å². The summed E-state index contributed by atoms with van der Waals surface area (Å²) in [6, 6.07) is 6.21. The fourth-order valence-electron chi connectivity index (χ4n) is 1.77. The maximum Gasteiger partial charge on any atom is 0.237 e. The fourth-order valence-corrected chi connectivity index (χ4v) is 1.77. The van der Waals surface area contributed by atoms with Crippen LogP contribution in [0.5, 0.6) is 0 Å². The van der Waals surface area contributed by atoms with Gasteiger partial charge in [0.2, 0.25) is 5.91 Å². The molecule has 19 heavy (non-hydrogen) atoms. The normalized spacial score (nSPS) is 15.6. The molecule has 0 spiro atoms. The Bertz CT molecular complexity index is 405. The molecule has 106 valence electrons. The van der Waals surface area contributed by atoms with Gasteiger partial charge in [0.25, 0.3) is 0 Å². The molecule has 0 aliphatic heterocycles. The predicted octanol–water partition coefficient (Wildman–Crippen LogP) is 2.78. The SMILES string of the molecule is CCC(C)NC(=O)C(C)NC(C)c1ccc(F)cc1. The third-order valence-electron chi connectivity index (χ3n) is 3.26. The molecule has 3 atom stereocenters. The zero-order chi connectivity index (χ0) is 14.4. The first-order valence-electron chi connectivity index (χ1n) is 6.76. The number of carbonyl (C=O) groups excluding carboxylic acids is 1. The molecule has 0 saturated carbocycles. The Morgan fingerprint density at radius 2 is 1.79 bits per heavy atom. The van der Waals surface area contributed by atoms with Crippen molar-refractivity contribution in [1.29, 1.82) is 0 Å². The summed E-state index contributed by atoms with van der Waals surface area (Å²) in [6.45, 7) is 7.80. The smallest absolute Gasteiger partial charge is 0.237 e. The average Bonchev–Trinajstić information content (AvgIpc) is 2.38. The van der Waals surface area contributed by atoms with Gasteiger partial charge in [0.1, 0.15) is 5.82 Å². The first kappa shape index (κ1) is 15.6. The van der Waals surface area contributed by atoms with E-state index in [1.165, 1.54) is 12.1 Å². The van der Waals surface area contributed by atoms with E-state index in [1.54, 1.807) is 12.1 Å². The first-order valence-corrected chi connectivity index (χ1v) is 6.76. The molecule has 0 aliphatic carbocycles. The van der Waals surface area contributed by atoms with E-state index in [0.717, 1.165) is 12.0 Å². The molecule has 1 aromatic carbocycles. The van der Waals surface area contributed by atoms with E-state index in [-0.39, 0.29) is 29.8 Å². The largest absolute Gasteiger partial charge is 0.352 e. The molecule has 0 aromatic heterocycles. The quantitative estimate of drug-likeness (QED) is 0.831. The number of hydrogen-bond donors (Lipinski definition) is 2. The molecule has 0 bridgehead atoms. The zero-order valence-corrected chi connectivity index (χ0v) is 12.0. The number of nitrogens with one attached hydrogen (secondary N) is 2. The van der Waals surface area contributed by atoms with E-state index in [9.17, 15) is 9.18 Å². The van der Waals surface area contributed by atoms with Crippen LogP contribution >= 0.6 is 0 Å². The van der Waals surface area contributed by atoms with Gasteiger partial charge in [-0.15, -0.1) is 0 Å². The van der Waals surface area contributed by atoms with Crippen molar-refractivity contribution in [3.05, 3.63) is 35.6 Å². The van der Waals surface area contributed by atoms with Crippen LogP contribution in [0.25, 0.3) is 0 Å². The number of rotatable bonds is 6. The zero-order valence-electron chi connectivity index (χ0n) is 12.0. The highest BCUT2D eigenvalue weighted by atomic mass is 19.1. The summed E-state index contributed by atoms with van der Waals surface area (Å²) >= 11 is 0. The molecule has 3 unspecified atom stereocenters. The predicted molar refractivity (Wildman–Crippen MR) is 75.3 cm³/mol. The minimum Gasteiger partial charge on any atom is -0.352 e. The number of hydrogen-bond acceptors (Lipinski definition) is 2. The van der Waals surface area contributed by atoms with Gasteiger partial charge >= 0.3 is 0 Å². The lowest BCUT2D eigenvalue weighted by molar-refractivity contribution is -0.123. The lowest BCUT2D eigenvalue weighted by atomic mass is 10.1. The summed E-state index contributed by atoms with van der Waals surface area (Å²) < 4.78 is 12.8. The number of halogens is 1. The molecule has 0 radical (unpaired) electrons. The van der Waals surface area contributed by atoms with Crippen LogP contribution in [-0.4, -0.2) is 18.0 Å². The van der Waals surface area contributed by atoms with Crippen molar-refractivity contribution in [1.82, 2.24) is 10.6 Å². The van der Waals surface area contributed by atoms with Crippen LogP contribution < -0.4 is 10.6 Å². The molecule has 0 fully saturated rings. The van der Waals surface area contributed by atoms with Gasteiger partial charge in [-0.25, -0.2) is 4.39 Å². The van der Waals surface area contributed by atoms with Crippen LogP contribution in [-0.2, 0) is 4.79 Å². The fraction of sp³-hybridized carbons (Fsp3) is 0.533. The van der Waals surface area contributed by atoms with Crippen molar-refractivity contribution < 1.29 is 9.18 Å². The van der Waals surface area contributed by atoms with Crippen LogP contribution in [0.2, 0.25) is 0 Å². The highest BCUT2D eigenvalue weighted by Gasteiger charge is 2.17. The molecular formula is C15H23FN2O. The average molecular weight is 266 g/mol. The molecule has 1 rings (SSSR count). The Morgan fingerprint density at radius 1 is 1.21 bits per heavy atom. The highest BCUT2D eigenvalue weighted by molar-refractivity contribution is 5.81. The van der Waals surface area contributed by atoms with Gasteiger partial charge in [-0.3, -0.25) is 10.1 Å². The van der Waals surface area contributed by atoms with Gasteiger partial charge in [0, 0.05) is 12.1 Å². The molecule has 1 aromatic rings. The maximum absolute atomic E-state index is 12.8. The van der Waals surface area contributed by atoms with Crippen LogP contribution in [0, 0.1) is 5.82 Å². The van der Waals surface area contributed by atoms with E-state index < -0.39 is 0 Å². The molecular weight excluding hydrogens is 243 g/mol. The van der Waals surface area contributed by atoms with Crippen molar-refractivity contribution in [3.63, 3.8) is 0 Å². The molecule has 0 heterocycles. The summed E-state index contributed by atoms with van der Waals surface area (Å²) in [4.78, 5) is 11.9. The van der Waals surface area contributed by atoms with Gasteiger partial charge in [-0.1, -0.05) is 19.1 Å².